The summed E-state index contributed by atoms with van der Waals surface area (Å²) >= 11 is 0. The highest BCUT2D eigenvalue weighted by molar-refractivity contribution is 6.26. The first-order valence-corrected chi connectivity index (χ1v) is 9.93. The molecule has 2 aromatic rings. The fourth-order valence-electron chi connectivity index (χ4n) is 5.80. The second-order valence-electron chi connectivity index (χ2n) is 8.60. The minimum absolute atomic E-state index is 0.0380. The normalized spacial score (nSPS) is 31.0. The Morgan fingerprint density at radius 2 is 1.79 bits per heavy atom. The van der Waals surface area contributed by atoms with E-state index in [-0.39, 0.29) is 41.5 Å². The minimum Gasteiger partial charge on any atom is -0.511 e. The predicted octanol–water partition coefficient (Wildman–Crippen LogP) is 4.23. The van der Waals surface area contributed by atoms with E-state index in [1.807, 2.05) is 39.0 Å². The molecule has 2 fully saturated rings. The van der Waals surface area contributed by atoms with Crippen LogP contribution in [0.4, 0.5) is 5.69 Å². The van der Waals surface area contributed by atoms with Crippen molar-refractivity contribution in [2.45, 2.75) is 45.3 Å². The molecule has 0 aromatic heterocycles. The Morgan fingerprint density at radius 3 is 2.46 bits per heavy atom. The maximum absolute atomic E-state index is 13.4. The fourth-order valence-corrected chi connectivity index (χ4v) is 5.80. The van der Waals surface area contributed by atoms with Crippen molar-refractivity contribution >= 4 is 17.0 Å². The highest BCUT2D eigenvalue weighted by Crippen LogP contribution is 2.58. The third-order valence-corrected chi connectivity index (χ3v) is 6.74. The van der Waals surface area contributed by atoms with E-state index in [0.717, 1.165) is 39.9 Å². The number of fused-ring (bicyclic) bond motifs is 5. The van der Waals surface area contributed by atoms with Gasteiger partial charge in [0.05, 0.1) is 29.6 Å². The van der Waals surface area contributed by atoms with Gasteiger partial charge < -0.3 is 15.6 Å². The number of aryl methyl sites for hydroxylation is 3. The molecule has 1 unspecified atom stereocenters. The maximum atomic E-state index is 13.4. The SMILES string of the molecule is Cc1cc(C)c(C2=C(O)[C@H]3C(C2=O)[C@@H]2C[C@@H](c4cccc(N)c4)[C@H]3O2)c(C)c1. The van der Waals surface area contributed by atoms with Crippen molar-refractivity contribution in [3.05, 3.63) is 70.0 Å². The maximum Gasteiger partial charge on any atom is 0.173 e. The molecule has 2 aliphatic heterocycles. The van der Waals surface area contributed by atoms with Gasteiger partial charge in [-0.3, -0.25) is 4.79 Å². The van der Waals surface area contributed by atoms with E-state index in [9.17, 15) is 9.90 Å². The number of ketones is 1. The first-order valence-electron chi connectivity index (χ1n) is 9.93. The summed E-state index contributed by atoms with van der Waals surface area (Å²) in [5.41, 5.74) is 12.5. The number of ether oxygens (including phenoxy) is 1. The lowest BCUT2D eigenvalue weighted by Crippen LogP contribution is -2.33. The standard InChI is InChI=1S/C24H25NO3/c1-11-7-12(2)18(13(3)8-11)20-22(26)19-17-10-16(14-5-4-6-15(25)9-14)24(28-17)21(19)23(20)27/h4-9,16-17,19,21,24,27H,10,25H2,1-3H3/t16-,17-,19?,21+,24+/m0/s1. The molecular weight excluding hydrogens is 350 g/mol. The van der Waals surface area contributed by atoms with Crippen molar-refractivity contribution in [1.29, 1.82) is 0 Å². The topological polar surface area (TPSA) is 72.5 Å². The minimum atomic E-state index is -0.266. The van der Waals surface area contributed by atoms with Gasteiger partial charge >= 0.3 is 0 Å². The molecule has 5 rings (SSSR count). The second-order valence-corrected chi connectivity index (χ2v) is 8.60. The van der Waals surface area contributed by atoms with Crippen molar-refractivity contribution in [1.82, 2.24) is 0 Å². The van der Waals surface area contributed by atoms with Crippen LogP contribution in [0.1, 0.15) is 40.2 Å². The Bertz CT molecular complexity index is 1010. The van der Waals surface area contributed by atoms with E-state index in [1.165, 1.54) is 0 Å². The molecule has 2 saturated heterocycles. The third kappa shape index (κ3) is 2.31. The van der Waals surface area contributed by atoms with Crippen molar-refractivity contribution in [3.8, 4) is 0 Å². The number of benzene rings is 2. The number of carbonyl (C=O) groups is 1. The average Bonchev–Trinajstić information content (AvgIpc) is 3.28. The summed E-state index contributed by atoms with van der Waals surface area (Å²) in [5, 5.41) is 11.2. The molecule has 0 radical (unpaired) electrons. The van der Waals surface area contributed by atoms with Gasteiger partial charge in [-0.2, -0.15) is 0 Å². The summed E-state index contributed by atoms with van der Waals surface area (Å²) in [6, 6.07) is 12.0. The zero-order valence-electron chi connectivity index (χ0n) is 16.4. The van der Waals surface area contributed by atoms with Crippen LogP contribution in [-0.4, -0.2) is 23.1 Å². The van der Waals surface area contributed by atoms with Crippen LogP contribution in [0.2, 0.25) is 0 Å². The summed E-state index contributed by atoms with van der Waals surface area (Å²) in [4.78, 5) is 13.4. The Balaban J connectivity index is 1.58. The molecule has 2 aromatic carbocycles. The van der Waals surface area contributed by atoms with Crippen molar-refractivity contribution in [2.75, 3.05) is 5.73 Å². The number of aliphatic hydroxyl groups is 1. The van der Waals surface area contributed by atoms with E-state index in [1.54, 1.807) is 0 Å². The highest BCUT2D eigenvalue weighted by atomic mass is 16.5. The number of anilines is 1. The summed E-state index contributed by atoms with van der Waals surface area (Å²) in [6.45, 7) is 6.07. The van der Waals surface area contributed by atoms with Gasteiger partial charge in [0, 0.05) is 11.6 Å². The molecule has 0 spiro atoms. The lowest BCUT2D eigenvalue weighted by Gasteiger charge is -2.27. The van der Waals surface area contributed by atoms with Gasteiger partial charge in [-0.05, 0) is 61.6 Å². The first kappa shape index (κ1) is 17.5. The Labute approximate surface area is 165 Å². The molecule has 0 amide bonds. The number of Topliss-reactive ketones (excluding diaryl/α,β-unsaturated/α-hetero) is 1. The smallest absolute Gasteiger partial charge is 0.173 e. The monoisotopic (exact) mass is 375 g/mol. The number of nitrogens with two attached hydrogens (primary N) is 1. The van der Waals surface area contributed by atoms with Gasteiger partial charge in [0.15, 0.2) is 5.78 Å². The molecule has 2 bridgehead atoms. The average molecular weight is 375 g/mol. The van der Waals surface area contributed by atoms with Crippen LogP contribution in [0.25, 0.3) is 5.57 Å². The number of aliphatic hydroxyl groups excluding tert-OH is 1. The molecule has 3 aliphatic rings. The number of rotatable bonds is 2. The van der Waals surface area contributed by atoms with Crippen LogP contribution >= 0.6 is 0 Å². The van der Waals surface area contributed by atoms with Crippen LogP contribution < -0.4 is 5.73 Å². The van der Waals surface area contributed by atoms with Gasteiger partial charge in [-0.25, -0.2) is 0 Å². The largest absolute Gasteiger partial charge is 0.511 e. The number of nitrogen functional groups attached to an aromatic ring is 1. The lowest BCUT2D eigenvalue weighted by molar-refractivity contribution is -0.118. The van der Waals surface area contributed by atoms with Crippen molar-refractivity contribution < 1.29 is 14.6 Å². The van der Waals surface area contributed by atoms with Gasteiger partial charge in [-0.15, -0.1) is 0 Å². The van der Waals surface area contributed by atoms with Crippen molar-refractivity contribution in [3.63, 3.8) is 0 Å². The third-order valence-electron chi connectivity index (χ3n) is 6.74. The van der Waals surface area contributed by atoms with E-state index < -0.39 is 0 Å². The van der Waals surface area contributed by atoms with E-state index >= 15 is 0 Å². The Hall–Kier alpha value is -2.59. The van der Waals surface area contributed by atoms with Crippen LogP contribution in [0.5, 0.6) is 0 Å². The zero-order chi connectivity index (χ0) is 19.7. The van der Waals surface area contributed by atoms with Crippen molar-refractivity contribution in [2.24, 2.45) is 11.8 Å². The number of hydrogen-bond donors (Lipinski definition) is 2. The first-order chi connectivity index (χ1) is 13.4. The summed E-state index contributed by atoms with van der Waals surface area (Å²) in [7, 11) is 0. The van der Waals surface area contributed by atoms with Gasteiger partial charge in [0.2, 0.25) is 0 Å². The molecule has 28 heavy (non-hydrogen) atoms. The lowest BCUT2D eigenvalue weighted by atomic mass is 9.72. The van der Waals surface area contributed by atoms with Crippen LogP contribution in [-0.2, 0) is 9.53 Å². The van der Waals surface area contributed by atoms with E-state index in [2.05, 4.69) is 18.2 Å². The highest BCUT2D eigenvalue weighted by Gasteiger charge is 2.62. The van der Waals surface area contributed by atoms with Crippen LogP contribution in [0.15, 0.2) is 42.2 Å². The van der Waals surface area contributed by atoms with Gasteiger partial charge in [-0.1, -0.05) is 29.8 Å². The fraction of sp³-hybridized carbons (Fsp3) is 0.375. The molecular formula is C24H25NO3. The molecule has 2 heterocycles. The number of hydrogen-bond acceptors (Lipinski definition) is 4. The Kier molecular flexibility index (Phi) is 3.72. The summed E-state index contributed by atoms with van der Waals surface area (Å²) < 4.78 is 6.20. The van der Waals surface area contributed by atoms with E-state index in [4.69, 9.17) is 10.5 Å². The molecule has 0 saturated carbocycles. The van der Waals surface area contributed by atoms with E-state index in [0.29, 0.717) is 5.57 Å². The Morgan fingerprint density at radius 1 is 1.07 bits per heavy atom. The second kappa shape index (κ2) is 5.95. The molecule has 3 N–H and O–H groups in total. The summed E-state index contributed by atoms with van der Waals surface area (Å²) in [6.07, 6.45) is 0.483. The number of carbonyl (C=O) groups excluding carboxylic acids is 1. The quantitative estimate of drug-likeness (QED) is 0.771. The van der Waals surface area contributed by atoms with Crippen LogP contribution in [0.3, 0.4) is 0 Å². The molecule has 144 valence electrons. The van der Waals surface area contributed by atoms with Gasteiger partial charge in [0.25, 0.3) is 0 Å². The molecule has 4 heteroatoms. The summed E-state index contributed by atoms with van der Waals surface area (Å²) in [5.74, 6) is -0.114. The predicted molar refractivity (Wildman–Crippen MR) is 109 cm³/mol. The molecule has 5 atom stereocenters. The number of allylic oxidation sites excluding steroid dienone is 1. The molecule has 1 aliphatic carbocycles. The van der Waals surface area contributed by atoms with Crippen LogP contribution in [0, 0.1) is 32.6 Å². The molecule has 4 nitrogen and oxygen atoms in total. The zero-order valence-corrected chi connectivity index (χ0v) is 16.4. The van der Waals surface area contributed by atoms with Gasteiger partial charge in [0.1, 0.15) is 5.76 Å².